The van der Waals surface area contributed by atoms with Crippen LogP contribution < -0.4 is 15.8 Å². The van der Waals surface area contributed by atoms with Gasteiger partial charge in [0.2, 0.25) is 5.91 Å². The van der Waals surface area contributed by atoms with Gasteiger partial charge in [0.1, 0.15) is 5.75 Å². The lowest BCUT2D eigenvalue weighted by atomic mass is 10.00. The zero-order chi connectivity index (χ0) is 19.5. The highest BCUT2D eigenvalue weighted by Crippen LogP contribution is 2.31. The molecule has 0 saturated carbocycles. The van der Waals surface area contributed by atoms with E-state index in [2.05, 4.69) is 53.8 Å². The lowest BCUT2D eigenvalue weighted by Gasteiger charge is -2.14. The van der Waals surface area contributed by atoms with E-state index in [1.165, 1.54) is 16.7 Å². The van der Waals surface area contributed by atoms with E-state index in [9.17, 15) is 4.79 Å². The monoisotopic (exact) mass is 408 g/mol. The van der Waals surface area contributed by atoms with Crippen molar-refractivity contribution in [3.05, 3.63) is 89.0 Å². The van der Waals surface area contributed by atoms with Crippen LogP contribution in [0.25, 0.3) is 11.1 Å². The predicted molar refractivity (Wildman–Crippen MR) is 119 cm³/mol. The molecule has 1 amide bonds. The van der Waals surface area contributed by atoms with Gasteiger partial charge in [0.05, 0.1) is 7.11 Å². The Labute approximate surface area is 177 Å². The molecular formula is C24H25ClN2O2. The second kappa shape index (κ2) is 9.12. The van der Waals surface area contributed by atoms with Gasteiger partial charge in [-0.15, -0.1) is 12.4 Å². The lowest BCUT2D eigenvalue weighted by Crippen LogP contribution is -2.28. The molecule has 3 N–H and O–H groups in total. The molecule has 0 spiro atoms. The van der Waals surface area contributed by atoms with Crippen LogP contribution in [-0.4, -0.2) is 19.1 Å². The Bertz CT molecular complexity index is 994. The summed E-state index contributed by atoms with van der Waals surface area (Å²) in [5, 5.41) is 3.68. The molecule has 150 valence electrons. The number of benzene rings is 3. The first-order chi connectivity index (χ1) is 13.6. The van der Waals surface area contributed by atoms with Crippen molar-refractivity contribution >= 4 is 18.3 Å². The summed E-state index contributed by atoms with van der Waals surface area (Å²) in [6, 6.07) is 22.9. The van der Waals surface area contributed by atoms with Gasteiger partial charge in [-0.2, -0.15) is 0 Å². The largest absolute Gasteiger partial charge is 0.496 e. The van der Waals surface area contributed by atoms with Crippen LogP contribution in [0.4, 0.5) is 0 Å². The normalized spacial score (nSPS) is 12.9. The number of carbonyl (C=O) groups excluding carboxylic acids is 1. The Morgan fingerprint density at radius 1 is 1.03 bits per heavy atom. The van der Waals surface area contributed by atoms with Gasteiger partial charge >= 0.3 is 0 Å². The fourth-order valence-corrected chi connectivity index (χ4v) is 3.90. The van der Waals surface area contributed by atoms with Gasteiger partial charge in [-0.05, 0) is 59.4 Å². The van der Waals surface area contributed by atoms with E-state index in [4.69, 9.17) is 10.5 Å². The maximum atomic E-state index is 11.4. The van der Waals surface area contributed by atoms with Gasteiger partial charge in [0.15, 0.2) is 0 Å². The summed E-state index contributed by atoms with van der Waals surface area (Å²) >= 11 is 0. The number of halogens is 1. The molecule has 3 aromatic carbocycles. The van der Waals surface area contributed by atoms with E-state index in [1.807, 2.05) is 6.07 Å². The minimum absolute atomic E-state index is 0. The van der Waals surface area contributed by atoms with Crippen LogP contribution in [0.1, 0.15) is 27.0 Å². The van der Waals surface area contributed by atoms with Crippen molar-refractivity contribution in [3.8, 4) is 16.9 Å². The zero-order valence-electron chi connectivity index (χ0n) is 16.4. The highest BCUT2D eigenvalue weighted by atomic mass is 35.5. The first-order valence-electron chi connectivity index (χ1n) is 9.51. The van der Waals surface area contributed by atoms with Gasteiger partial charge in [0, 0.05) is 23.7 Å². The summed E-state index contributed by atoms with van der Waals surface area (Å²) in [5.74, 6) is 0.188. The molecule has 0 atom stereocenters. The number of nitrogens with one attached hydrogen (secondary N) is 1. The summed E-state index contributed by atoms with van der Waals surface area (Å²) < 4.78 is 5.48. The minimum atomic E-state index is -0.458. The number of hydrogen-bond donors (Lipinski definition) is 2. The second-order valence-corrected chi connectivity index (χ2v) is 7.23. The Morgan fingerprint density at radius 2 is 1.76 bits per heavy atom. The average Bonchev–Trinajstić information content (AvgIpc) is 3.15. The molecule has 5 heteroatoms. The molecule has 0 bridgehead atoms. The van der Waals surface area contributed by atoms with E-state index >= 15 is 0 Å². The van der Waals surface area contributed by atoms with Crippen molar-refractivity contribution in [2.24, 2.45) is 5.73 Å². The topological polar surface area (TPSA) is 64.3 Å². The fraction of sp³-hybridized carbons (Fsp3) is 0.208. The SMILES string of the molecule is COc1cc(C(N)=O)ccc1-c1cccc(CNC2Cc3ccccc3C2)c1.Cl. The molecular weight excluding hydrogens is 384 g/mol. The first kappa shape index (κ1) is 20.9. The number of methoxy groups -OCH3 is 1. The standard InChI is InChI=1S/C24H24N2O2.ClH/c1-28-23-14-20(24(25)27)9-10-22(23)19-8-4-5-16(11-19)15-26-21-12-17-6-2-3-7-18(17)13-21;/h2-11,14,21,26H,12-13,15H2,1H3,(H2,25,27);1H. The summed E-state index contributed by atoms with van der Waals surface area (Å²) in [6.45, 7) is 0.814. The van der Waals surface area contributed by atoms with Gasteiger partial charge in [-0.25, -0.2) is 0 Å². The highest BCUT2D eigenvalue weighted by Gasteiger charge is 2.20. The number of ether oxygens (including phenoxy) is 1. The number of nitrogens with two attached hydrogens (primary N) is 1. The smallest absolute Gasteiger partial charge is 0.248 e. The molecule has 1 aliphatic rings. The zero-order valence-corrected chi connectivity index (χ0v) is 17.2. The molecule has 29 heavy (non-hydrogen) atoms. The Balaban J connectivity index is 0.00000240. The van der Waals surface area contributed by atoms with Crippen molar-refractivity contribution in [1.82, 2.24) is 5.32 Å². The van der Waals surface area contributed by atoms with E-state index in [0.29, 0.717) is 17.4 Å². The molecule has 4 rings (SSSR count). The van der Waals surface area contributed by atoms with Crippen molar-refractivity contribution in [2.75, 3.05) is 7.11 Å². The fourth-order valence-electron chi connectivity index (χ4n) is 3.90. The maximum absolute atomic E-state index is 11.4. The molecule has 3 aromatic rings. The maximum Gasteiger partial charge on any atom is 0.248 e. The summed E-state index contributed by atoms with van der Waals surface area (Å²) in [7, 11) is 1.60. The van der Waals surface area contributed by atoms with Crippen molar-refractivity contribution < 1.29 is 9.53 Å². The molecule has 0 fully saturated rings. The third kappa shape index (κ3) is 4.61. The van der Waals surface area contributed by atoms with E-state index in [1.54, 1.807) is 19.2 Å². The van der Waals surface area contributed by atoms with Crippen molar-refractivity contribution in [3.63, 3.8) is 0 Å². The van der Waals surface area contributed by atoms with E-state index in [0.717, 1.165) is 30.5 Å². The Kier molecular flexibility index (Phi) is 6.57. The molecule has 0 aromatic heterocycles. The molecule has 0 radical (unpaired) electrons. The Hall–Kier alpha value is -2.82. The van der Waals surface area contributed by atoms with Gasteiger partial charge in [-0.3, -0.25) is 4.79 Å². The van der Waals surface area contributed by atoms with Crippen LogP contribution in [0, 0.1) is 0 Å². The molecule has 1 aliphatic carbocycles. The van der Waals surface area contributed by atoms with Crippen LogP contribution >= 0.6 is 12.4 Å². The van der Waals surface area contributed by atoms with Crippen molar-refractivity contribution in [2.45, 2.75) is 25.4 Å². The number of rotatable bonds is 6. The highest BCUT2D eigenvalue weighted by molar-refractivity contribution is 5.94. The van der Waals surface area contributed by atoms with Gasteiger partial charge in [-0.1, -0.05) is 42.5 Å². The number of hydrogen-bond acceptors (Lipinski definition) is 3. The van der Waals surface area contributed by atoms with Gasteiger partial charge < -0.3 is 15.8 Å². The minimum Gasteiger partial charge on any atom is -0.496 e. The van der Waals surface area contributed by atoms with Crippen LogP contribution in [0.15, 0.2) is 66.7 Å². The van der Waals surface area contributed by atoms with Crippen LogP contribution in [0.3, 0.4) is 0 Å². The van der Waals surface area contributed by atoms with Gasteiger partial charge in [0.25, 0.3) is 0 Å². The predicted octanol–water partition coefficient (Wildman–Crippen LogP) is 4.14. The number of fused-ring (bicyclic) bond motifs is 1. The third-order valence-corrected chi connectivity index (χ3v) is 5.37. The number of carbonyl (C=O) groups is 1. The molecule has 0 saturated heterocycles. The van der Waals surface area contributed by atoms with Crippen molar-refractivity contribution in [1.29, 1.82) is 0 Å². The second-order valence-electron chi connectivity index (χ2n) is 7.23. The van der Waals surface area contributed by atoms with Crippen LogP contribution in [-0.2, 0) is 19.4 Å². The Morgan fingerprint density at radius 3 is 2.41 bits per heavy atom. The lowest BCUT2D eigenvalue weighted by molar-refractivity contribution is 0.1000. The summed E-state index contributed by atoms with van der Waals surface area (Å²) in [4.78, 5) is 11.4. The summed E-state index contributed by atoms with van der Waals surface area (Å²) in [5.41, 5.74) is 11.9. The molecule has 0 heterocycles. The quantitative estimate of drug-likeness (QED) is 0.644. The molecule has 0 unspecified atom stereocenters. The van der Waals surface area contributed by atoms with Crippen LogP contribution in [0.5, 0.6) is 5.75 Å². The number of primary amides is 1. The molecule has 0 aliphatic heterocycles. The first-order valence-corrected chi connectivity index (χ1v) is 9.51. The van der Waals surface area contributed by atoms with E-state index in [-0.39, 0.29) is 12.4 Å². The third-order valence-electron chi connectivity index (χ3n) is 5.37. The number of amides is 1. The summed E-state index contributed by atoms with van der Waals surface area (Å²) in [6.07, 6.45) is 2.16. The average molecular weight is 409 g/mol. The van der Waals surface area contributed by atoms with Crippen LogP contribution in [0.2, 0.25) is 0 Å². The van der Waals surface area contributed by atoms with E-state index < -0.39 is 5.91 Å². The molecule has 4 nitrogen and oxygen atoms in total.